The molecule has 0 atom stereocenters. The van der Waals surface area contributed by atoms with E-state index in [1.54, 1.807) is 24.3 Å². The smallest absolute Gasteiger partial charge is 0.493 e. The molecule has 0 fully saturated rings. The second kappa shape index (κ2) is 13.9. The fraction of sp³-hybridized carbons (Fsp3) is 0.214. The number of nitrogens with one attached hydrogen (secondary N) is 3. The Hall–Kier alpha value is -4.51. The summed E-state index contributed by atoms with van der Waals surface area (Å²) in [7, 11) is 1.85. The summed E-state index contributed by atoms with van der Waals surface area (Å²) >= 11 is 0. The number of amides is 2. The molecule has 3 aromatic carbocycles. The Morgan fingerprint density at radius 3 is 2.31 bits per heavy atom. The number of aliphatic hydroxyl groups is 1. The minimum atomic E-state index is -4.83. The van der Waals surface area contributed by atoms with Crippen LogP contribution < -0.4 is 25.4 Å². The van der Waals surface area contributed by atoms with Gasteiger partial charge in [0.25, 0.3) is 11.8 Å². The van der Waals surface area contributed by atoms with E-state index in [-0.39, 0.29) is 24.4 Å². The third-order valence-electron chi connectivity index (χ3n) is 5.31. The zero-order chi connectivity index (χ0) is 28.3. The van der Waals surface area contributed by atoms with E-state index >= 15 is 0 Å². The fourth-order valence-electron chi connectivity index (χ4n) is 3.42. The normalized spacial score (nSPS) is 11.5. The topological polar surface area (TPSA) is 109 Å². The standard InChI is InChI=1S/C28H28F3N3O5/c1-32-22-4-2-3-19(17-22)13-16-38-23-11-7-21(8-12-23)26(36)34-25(27(37)33-14-15-35)18-20-5-9-24(10-6-20)39-28(29,30)31/h2-12,17-18,32,35H,13-16H2,1H3,(H,33,37)(H,34,36)/b25-18-. The quantitative estimate of drug-likeness (QED) is 0.256. The number of halogens is 3. The summed E-state index contributed by atoms with van der Waals surface area (Å²) in [5.74, 6) is -1.14. The molecule has 0 aromatic heterocycles. The van der Waals surface area contributed by atoms with Crippen molar-refractivity contribution in [1.82, 2.24) is 10.6 Å². The van der Waals surface area contributed by atoms with Gasteiger partial charge in [0.05, 0.1) is 13.2 Å². The summed E-state index contributed by atoms with van der Waals surface area (Å²) in [6.07, 6.45) is -2.85. The SMILES string of the molecule is CNc1cccc(CCOc2ccc(C(=O)N/C(=C\c3ccc(OC(F)(F)F)cc3)C(=O)NCCO)cc2)c1. The first kappa shape index (κ1) is 29.1. The molecule has 0 aliphatic heterocycles. The molecule has 2 amide bonds. The molecule has 3 rings (SSSR count). The third-order valence-corrected chi connectivity index (χ3v) is 5.31. The molecule has 0 aliphatic carbocycles. The maximum absolute atomic E-state index is 12.8. The van der Waals surface area contributed by atoms with Crippen LogP contribution in [0.5, 0.6) is 11.5 Å². The summed E-state index contributed by atoms with van der Waals surface area (Å²) in [6, 6.07) is 19.1. The molecule has 11 heteroatoms. The van der Waals surface area contributed by atoms with E-state index in [4.69, 9.17) is 9.84 Å². The molecule has 3 aromatic rings. The lowest BCUT2D eigenvalue weighted by molar-refractivity contribution is -0.274. The van der Waals surface area contributed by atoms with Crippen molar-refractivity contribution in [2.75, 3.05) is 32.1 Å². The van der Waals surface area contributed by atoms with Gasteiger partial charge in [-0.15, -0.1) is 13.2 Å². The van der Waals surface area contributed by atoms with Gasteiger partial charge in [-0.05, 0) is 65.7 Å². The third kappa shape index (κ3) is 9.71. The van der Waals surface area contributed by atoms with Crippen LogP contribution in [-0.4, -0.2) is 50.1 Å². The van der Waals surface area contributed by atoms with Crippen LogP contribution in [0.25, 0.3) is 6.08 Å². The van der Waals surface area contributed by atoms with Crippen LogP contribution in [0.4, 0.5) is 18.9 Å². The predicted molar refractivity (Wildman–Crippen MR) is 140 cm³/mol. The van der Waals surface area contributed by atoms with Crippen molar-refractivity contribution >= 4 is 23.6 Å². The van der Waals surface area contributed by atoms with Gasteiger partial charge in [0.1, 0.15) is 17.2 Å². The van der Waals surface area contributed by atoms with Gasteiger partial charge in [0, 0.05) is 31.3 Å². The summed E-state index contributed by atoms with van der Waals surface area (Å²) < 4.78 is 46.8. The Kier molecular flexibility index (Phi) is 10.3. The second-order valence-corrected chi connectivity index (χ2v) is 8.18. The van der Waals surface area contributed by atoms with Crippen molar-refractivity contribution in [2.45, 2.75) is 12.8 Å². The fourth-order valence-corrected chi connectivity index (χ4v) is 3.42. The maximum Gasteiger partial charge on any atom is 0.573 e. The van der Waals surface area contributed by atoms with Crippen LogP contribution >= 0.6 is 0 Å². The molecule has 0 heterocycles. The molecule has 8 nitrogen and oxygen atoms in total. The van der Waals surface area contributed by atoms with Gasteiger partial charge in [-0.1, -0.05) is 24.3 Å². The van der Waals surface area contributed by atoms with Crippen LogP contribution in [0, 0.1) is 0 Å². The van der Waals surface area contributed by atoms with Gasteiger partial charge < -0.3 is 30.5 Å². The van der Waals surface area contributed by atoms with Gasteiger partial charge in [-0.3, -0.25) is 9.59 Å². The molecular formula is C28H28F3N3O5. The summed E-state index contributed by atoms with van der Waals surface area (Å²) in [4.78, 5) is 25.4. The zero-order valence-electron chi connectivity index (χ0n) is 21.0. The molecular weight excluding hydrogens is 515 g/mol. The molecule has 0 aliphatic rings. The Labute approximate surface area is 223 Å². The summed E-state index contributed by atoms with van der Waals surface area (Å²) in [6.45, 7) is 0.0535. The van der Waals surface area contributed by atoms with Crippen LogP contribution in [0.3, 0.4) is 0 Å². The largest absolute Gasteiger partial charge is 0.573 e. The van der Waals surface area contributed by atoms with E-state index in [0.717, 1.165) is 23.4 Å². The molecule has 0 spiro atoms. The summed E-state index contributed by atoms with van der Waals surface area (Å²) in [5, 5.41) is 17.0. The van der Waals surface area contributed by atoms with Crippen LogP contribution in [0.15, 0.2) is 78.5 Å². The van der Waals surface area contributed by atoms with Crippen molar-refractivity contribution < 1.29 is 37.3 Å². The van der Waals surface area contributed by atoms with Crippen molar-refractivity contribution in [3.63, 3.8) is 0 Å². The van der Waals surface area contributed by atoms with Gasteiger partial charge in [-0.25, -0.2) is 0 Å². The number of carbonyl (C=O) groups is 2. The van der Waals surface area contributed by atoms with E-state index in [0.29, 0.717) is 24.3 Å². The Morgan fingerprint density at radius 2 is 1.67 bits per heavy atom. The number of rotatable bonds is 12. The molecule has 39 heavy (non-hydrogen) atoms. The predicted octanol–water partition coefficient (Wildman–Crippen LogP) is 4.13. The Balaban J connectivity index is 1.65. The minimum Gasteiger partial charge on any atom is -0.493 e. The lowest BCUT2D eigenvalue weighted by atomic mass is 10.1. The van der Waals surface area contributed by atoms with E-state index in [9.17, 15) is 22.8 Å². The molecule has 0 saturated carbocycles. The van der Waals surface area contributed by atoms with Crippen molar-refractivity contribution in [3.8, 4) is 11.5 Å². The number of anilines is 1. The van der Waals surface area contributed by atoms with Gasteiger partial charge in [-0.2, -0.15) is 0 Å². The highest BCUT2D eigenvalue weighted by Crippen LogP contribution is 2.23. The highest BCUT2D eigenvalue weighted by Gasteiger charge is 2.31. The number of hydrogen-bond acceptors (Lipinski definition) is 6. The highest BCUT2D eigenvalue weighted by atomic mass is 19.4. The average molecular weight is 544 g/mol. The number of hydrogen-bond donors (Lipinski definition) is 4. The lowest BCUT2D eigenvalue weighted by Crippen LogP contribution is -2.36. The van der Waals surface area contributed by atoms with Gasteiger partial charge in [0.15, 0.2) is 0 Å². The number of benzene rings is 3. The van der Waals surface area contributed by atoms with Gasteiger partial charge in [0.2, 0.25) is 0 Å². The first-order chi connectivity index (χ1) is 18.7. The van der Waals surface area contributed by atoms with E-state index in [1.807, 2.05) is 31.3 Å². The molecule has 0 radical (unpaired) electrons. The van der Waals surface area contributed by atoms with Crippen LogP contribution in [0.2, 0.25) is 0 Å². The Bertz CT molecular complexity index is 1280. The zero-order valence-corrected chi connectivity index (χ0v) is 21.0. The first-order valence-electron chi connectivity index (χ1n) is 11.9. The average Bonchev–Trinajstić information content (AvgIpc) is 2.92. The Morgan fingerprint density at radius 1 is 0.974 bits per heavy atom. The van der Waals surface area contributed by atoms with Crippen molar-refractivity contribution in [3.05, 3.63) is 95.2 Å². The van der Waals surface area contributed by atoms with Crippen molar-refractivity contribution in [2.24, 2.45) is 0 Å². The highest BCUT2D eigenvalue weighted by molar-refractivity contribution is 6.05. The lowest BCUT2D eigenvalue weighted by Gasteiger charge is -2.12. The number of aliphatic hydroxyl groups excluding tert-OH is 1. The molecule has 0 unspecified atom stereocenters. The van der Waals surface area contributed by atoms with Gasteiger partial charge >= 0.3 is 6.36 Å². The van der Waals surface area contributed by atoms with Crippen LogP contribution in [0.1, 0.15) is 21.5 Å². The number of alkyl halides is 3. The van der Waals surface area contributed by atoms with E-state index < -0.39 is 23.9 Å². The van der Waals surface area contributed by atoms with Crippen molar-refractivity contribution in [1.29, 1.82) is 0 Å². The number of ether oxygens (including phenoxy) is 2. The maximum atomic E-state index is 12.8. The van der Waals surface area contributed by atoms with Crippen LogP contribution in [-0.2, 0) is 11.2 Å². The minimum absolute atomic E-state index is 0.0598. The first-order valence-corrected chi connectivity index (χ1v) is 11.9. The second-order valence-electron chi connectivity index (χ2n) is 8.18. The monoisotopic (exact) mass is 543 g/mol. The summed E-state index contributed by atoms with van der Waals surface area (Å²) in [5.41, 5.74) is 2.54. The van der Waals surface area contributed by atoms with E-state index in [1.165, 1.54) is 18.2 Å². The molecule has 0 bridgehead atoms. The molecule has 4 N–H and O–H groups in total. The number of carbonyl (C=O) groups excluding carboxylic acids is 2. The molecule has 206 valence electrons. The van der Waals surface area contributed by atoms with E-state index in [2.05, 4.69) is 20.7 Å². The molecule has 0 saturated heterocycles.